The molecule has 0 spiro atoms. The van der Waals surface area contributed by atoms with Crippen molar-refractivity contribution >= 4 is 0 Å². The molecule has 0 aromatic carbocycles. The average molecular weight is 252 g/mol. The number of halogens is 3. The van der Waals surface area contributed by atoms with Crippen LogP contribution in [0.15, 0.2) is 6.20 Å². The van der Waals surface area contributed by atoms with Gasteiger partial charge < -0.3 is 4.74 Å². The molecule has 0 aliphatic carbocycles. The van der Waals surface area contributed by atoms with Crippen LogP contribution in [0.2, 0.25) is 0 Å². The van der Waals surface area contributed by atoms with Gasteiger partial charge in [0.05, 0.1) is 7.11 Å². The molecule has 1 rings (SSSR count). The molecule has 0 atom stereocenters. The number of aromatic nitrogens is 2. The molecule has 0 aliphatic heterocycles. The fourth-order valence-corrected chi connectivity index (χ4v) is 1.24. The van der Waals surface area contributed by atoms with E-state index in [0.29, 0.717) is 5.56 Å². The topological polar surface area (TPSA) is 27.1 Å². The molecule has 1 aromatic heterocycles. The smallest absolute Gasteiger partial charge is 0.408 e. The first-order chi connectivity index (χ1) is 7.83. The Hall–Kier alpha value is -1.20. The van der Waals surface area contributed by atoms with Crippen LogP contribution in [-0.4, -0.2) is 23.1 Å². The van der Waals surface area contributed by atoms with Gasteiger partial charge in [0.25, 0.3) is 0 Å². The third-order valence-corrected chi connectivity index (χ3v) is 1.91. The average Bonchev–Trinajstić information content (AvgIpc) is 2.61. The molecule has 3 nitrogen and oxygen atoms in total. The Balaban J connectivity index is 0.00000121. The van der Waals surface area contributed by atoms with E-state index in [1.807, 2.05) is 27.7 Å². The molecule has 0 saturated carbocycles. The molecule has 6 heteroatoms. The maximum Gasteiger partial charge on any atom is 0.408 e. The molecule has 1 heterocycles. The Labute approximate surface area is 99.6 Å². The second-order valence-electron chi connectivity index (χ2n) is 3.56. The second kappa shape index (κ2) is 6.51. The maximum atomic E-state index is 12.1. The van der Waals surface area contributed by atoms with Crippen molar-refractivity contribution in [3.8, 4) is 5.88 Å². The van der Waals surface area contributed by atoms with Crippen LogP contribution < -0.4 is 4.74 Å². The highest BCUT2D eigenvalue weighted by atomic mass is 19.4. The summed E-state index contributed by atoms with van der Waals surface area (Å²) in [7, 11) is 1.39. The lowest BCUT2D eigenvalue weighted by Gasteiger charge is -2.04. The van der Waals surface area contributed by atoms with E-state index < -0.39 is 12.7 Å². The van der Waals surface area contributed by atoms with Crippen molar-refractivity contribution in [3.05, 3.63) is 11.8 Å². The highest BCUT2D eigenvalue weighted by Crippen LogP contribution is 2.26. The van der Waals surface area contributed by atoms with Crippen molar-refractivity contribution in [1.82, 2.24) is 9.78 Å². The molecule has 0 amide bonds. The molecule has 100 valence electrons. The van der Waals surface area contributed by atoms with Crippen molar-refractivity contribution in [2.24, 2.45) is 0 Å². The van der Waals surface area contributed by atoms with Gasteiger partial charge in [-0.05, 0) is 5.92 Å². The summed E-state index contributed by atoms with van der Waals surface area (Å²) >= 11 is 0. The minimum absolute atomic E-state index is 0.0851. The Morgan fingerprint density at radius 3 is 2.18 bits per heavy atom. The van der Waals surface area contributed by atoms with Crippen LogP contribution in [0.4, 0.5) is 13.2 Å². The quantitative estimate of drug-likeness (QED) is 0.821. The number of alkyl halides is 3. The standard InChI is InChI=1S/C9H13F3N2O.C2H6/c1-6(2)7-4-14(5-9(10,11)12)13-8(7)15-3;1-2/h4,6H,5H2,1-3H3;1-2H3. The third kappa shape index (κ3) is 5.10. The molecule has 0 saturated heterocycles. The summed E-state index contributed by atoms with van der Waals surface area (Å²) in [5.41, 5.74) is 0.682. The molecule has 0 bridgehead atoms. The summed E-state index contributed by atoms with van der Waals surface area (Å²) in [6.45, 7) is 6.66. The van der Waals surface area contributed by atoms with Gasteiger partial charge in [0.15, 0.2) is 0 Å². The lowest BCUT2D eigenvalue weighted by Crippen LogP contribution is -2.17. The van der Waals surface area contributed by atoms with Crippen molar-refractivity contribution < 1.29 is 17.9 Å². The molecule has 17 heavy (non-hydrogen) atoms. The largest absolute Gasteiger partial charge is 0.480 e. The predicted octanol–water partition coefficient (Wildman–Crippen LogP) is 3.60. The van der Waals surface area contributed by atoms with E-state index in [4.69, 9.17) is 4.74 Å². The highest BCUT2D eigenvalue weighted by Gasteiger charge is 2.29. The molecule has 0 N–H and O–H groups in total. The summed E-state index contributed by atoms with van der Waals surface area (Å²) in [5.74, 6) is 0.344. The van der Waals surface area contributed by atoms with Crippen LogP contribution in [0.25, 0.3) is 0 Å². The van der Waals surface area contributed by atoms with E-state index in [9.17, 15) is 13.2 Å². The van der Waals surface area contributed by atoms with Gasteiger partial charge >= 0.3 is 6.18 Å². The Bertz CT molecular complexity index is 332. The first-order valence-electron chi connectivity index (χ1n) is 5.51. The van der Waals surface area contributed by atoms with Crippen LogP contribution in [0, 0.1) is 0 Å². The Morgan fingerprint density at radius 1 is 1.35 bits per heavy atom. The van der Waals surface area contributed by atoms with Gasteiger partial charge in [-0.1, -0.05) is 27.7 Å². The second-order valence-corrected chi connectivity index (χ2v) is 3.56. The maximum absolute atomic E-state index is 12.1. The van der Waals surface area contributed by atoms with E-state index >= 15 is 0 Å². The SMILES string of the molecule is CC.COc1nn(CC(F)(F)F)cc1C(C)C. The lowest BCUT2D eigenvalue weighted by molar-refractivity contribution is -0.142. The van der Waals surface area contributed by atoms with E-state index in [2.05, 4.69) is 5.10 Å². The van der Waals surface area contributed by atoms with E-state index in [1.54, 1.807) is 0 Å². The number of rotatable bonds is 3. The monoisotopic (exact) mass is 252 g/mol. The zero-order valence-corrected chi connectivity index (χ0v) is 10.8. The van der Waals surface area contributed by atoms with Crippen molar-refractivity contribution in [2.75, 3.05) is 7.11 Å². The molecule has 0 unspecified atom stereocenters. The molecule has 0 fully saturated rings. The van der Waals surface area contributed by atoms with E-state index in [-0.39, 0.29) is 11.8 Å². The fourth-order valence-electron chi connectivity index (χ4n) is 1.24. The van der Waals surface area contributed by atoms with Crippen LogP contribution in [0.1, 0.15) is 39.2 Å². The zero-order chi connectivity index (χ0) is 13.6. The summed E-state index contributed by atoms with van der Waals surface area (Å²) in [5, 5.41) is 3.71. The zero-order valence-electron chi connectivity index (χ0n) is 10.8. The van der Waals surface area contributed by atoms with Gasteiger partial charge in [-0.25, -0.2) is 0 Å². The molecule has 1 aromatic rings. The van der Waals surface area contributed by atoms with Crippen molar-refractivity contribution in [1.29, 1.82) is 0 Å². The lowest BCUT2D eigenvalue weighted by atomic mass is 10.1. The number of hydrogen-bond donors (Lipinski definition) is 0. The van der Waals surface area contributed by atoms with Gasteiger partial charge in [-0.15, -0.1) is 5.10 Å². The van der Waals surface area contributed by atoms with Crippen molar-refractivity contribution in [2.45, 2.75) is 46.3 Å². The fraction of sp³-hybridized carbons (Fsp3) is 0.727. The number of nitrogens with zero attached hydrogens (tertiary/aromatic N) is 2. The summed E-state index contributed by atoms with van der Waals surface area (Å²) in [6, 6.07) is 0. The summed E-state index contributed by atoms with van der Waals surface area (Å²) in [4.78, 5) is 0. The van der Waals surface area contributed by atoms with Gasteiger partial charge in [-0.3, -0.25) is 4.68 Å². The van der Waals surface area contributed by atoms with E-state index in [1.165, 1.54) is 13.3 Å². The van der Waals surface area contributed by atoms with Gasteiger partial charge in [0, 0.05) is 11.8 Å². The summed E-state index contributed by atoms with van der Waals surface area (Å²) in [6.07, 6.45) is -2.89. The third-order valence-electron chi connectivity index (χ3n) is 1.91. The van der Waals surface area contributed by atoms with Crippen LogP contribution >= 0.6 is 0 Å². The van der Waals surface area contributed by atoms with Gasteiger partial charge in [-0.2, -0.15) is 13.2 Å². The van der Waals surface area contributed by atoms with E-state index in [0.717, 1.165) is 4.68 Å². The molecule has 0 aliphatic rings. The minimum atomic E-state index is -4.26. The summed E-state index contributed by atoms with van der Waals surface area (Å²) < 4.78 is 42.0. The van der Waals surface area contributed by atoms with Crippen LogP contribution in [0.3, 0.4) is 0 Å². The Kier molecular flexibility index (Phi) is 6.05. The first kappa shape index (κ1) is 15.8. The Morgan fingerprint density at radius 2 is 1.88 bits per heavy atom. The molecular formula is C11H19F3N2O. The molecular weight excluding hydrogens is 233 g/mol. The molecule has 0 radical (unpaired) electrons. The predicted molar refractivity (Wildman–Crippen MR) is 60.3 cm³/mol. The number of methoxy groups -OCH3 is 1. The highest BCUT2D eigenvalue weighted by molar-refractivity contribution is 5.26. The van der Waals surface area contributed by atoms with Gasteiger partial charge in [0.1, 0.15) is 6.54 Å². The minimum Gasteiger partial charge on any atom is -0.480 e. The first-order valence-corrected chi connectivity index (χ1v) is 5.51. The van der Waals surface area contributed by atoms with Crippen LogP contribution in [-0.2, 0) is 6.54 Å². The van der Waals surface area contributed by atoms with Crippen LogP contribution in [0.5, 0.6) is 5.88 Å². The van der Waals surface area contributed by atoms with Crippen molar-refractivity contribution in [3.63, 3.8) is 0 Å². The normalized spacial score (nSPS) is 11.1. The number of ether oxygens (including phenoxy) is 1. The number of hydrogen-bond acceptors (Lipinski definition) is 2. The van der Waals surface area contributed by atoms with Gasteiger partial charge in [0.2, 0.25) is 5.88 Å².